The van der Waals surface area contributed by atoms with Crippen molar-refractivity contribution < 1.29 is 0 Å². The number of halogens is 1. The van der Waals surface area contributed by atoms with Crippen LogP contribution < -0.4 is 0 Å². The van der Waals surface area contributed by atoms with E-state index in [1.807, 2.05) is 5.51 Å². The van der Waals surface area contributed by atoms with Crippen molar-refractivity contribution in [2.24, 2.45) is 0 Å². The maximum absolute atomic E-state index is 4.28. The van der Waals surface area contributed by atoms with E-state index in [1.54, 1.807) is 11.3 Å². The Morgan fingerprint density at radius 1 is 1.38 bits per heavy atom. The summed E-state index contributed by atoms with van der Waals surface area (Å²) in [5.41, 5.74) is 5.30. The lowest BCUT2D eigenvalue weighted by molar-refractivity contribution is 1.37. The van der Waals surface area contributed by atoms with Crippen LogP contribution in [0.25, 0.3) is 11.3 Å². The number of benzene rings is 1. The topological polar surface area (TPSA) is 12.9 Å². The average molecular weight is 254 g/mol. The summed E-state index contributed by atoms with van der Waals surface area (Å²) in [6.07, 6.45) is 0. The van der Waals surface area contributed by atoms with E-state index in [0.717, 1.165) is 10.2 Å². The Bertz CT molecular complexity index is 409. The average Bonchev–Trinajstić information content (AvgIpc) is 2.62. The minimum absolute atomic E-state index is 1.04. The molecular weight excluding hydrogens is 246 g/mol. The number of aromatic nitrogens is 1. The summed E-state index contributed by atoms with van der Waals surface area (Å²) in [5, 5.41) is 2.06. The number of hydrogen-bond donors (Lipinski definition) is 0. The van der Waals surface area contributed by atoms with E-state index in [-0.39, 0.29) is 0 Å². The van der Waals surface area contributed by atoms with E-state index in [2.05, 4.69) is 51.4 Å². The van der Waals surface area contributed by atoms with Crippen LogP contribution in [0.5, 0.6) is 0 Å². The van der Waals surface area contributed by atoms with Gasteiger partial charge >= 0.3 is 0 Å². The lowest BCUT2D eigenvalue weighted by Gasteiger charge is -2.03. The Labute approximate surface area is 89.6 Å². The van der Waals surface area contributed by atoms with Crippen molar-refractivity contribution in [3.05, 3.63) is 39.1 Å². The van der Waals surface area contributed by atoms with Crippen molar-refractivity contribution in [3.8, 4) is 11.3 Å². The van der Waals surface area contributed by atoms with Crippen LogP contribution in [0.3, 0.4) is 0 Å². The molecule has 2 aromatic rings. The highest BCUT2D eigenvalue weighted by atomic mass is 79.9. The summed E-state index contributed by atoms with van der Waals surface area (Å²) < 4.78 is 1.14. The molecule has 0 aliphatic carbocycles. The van der Waals surface area contributed by atoms with Crippen LogP contribution in [-0.4, -0.2) is 4.98 Å². The van der Waals surface area contributed by atoms with Gasteiger partial charge in [0, 0.05) is 15.4 Å². The maximum Gasteiger partial charge on any atom is 0.0822 e. The molecule has 66 valence electrons. The molecule has 0 saturated heterocycles. The van der Waals surface area contributed by atoms with Crippen molar-refractivity contribution in [1.82, 2.24) is 4.98 Å². The molecule has 0 aliphatic heterocycles. The molecule has 2 rings (SSSR count). The van der Waals surface area contributed by atoms with Gasteiger partial charge in [-0.15, -0.1) is 11.3 Å². The first-order chi connectivity index (χ1) is 6.29. The second kappa shape index (κ2) is 3.60. The second-order valence-corrected chi connectivity index (χ2v) is 4.32. The van der Waals surface area contributed by atoms with E-state index < -0.39 is 0 Å². The normalized spacial score (nSPS) is 10.3. The second-order valence-electron chi connectivity index (χ2n) is 2.81. The molecule has 0 saturated carbocycles. The fourth-order valence-electron chi connectivity index (χ4n) is 1.19. The summed E-state index contributed by atoms with van der Waals surface area (Å²) in [6, 6.07) is 6.21. The molecule has 1 nitrogen and oxygen atoms in total. The van der Waals surface area contributed by atoms with Crippen molar-refractivity contribution in [2.45, 2.75) is 6.92 Å². The molecule has 0 aliphatic rings. The van der Waals surface area contributed by atoms with Crippen LogP contribution in [0.2, 0.25) is 0 Å². The first kappa shape index (κ1) is 8.91. The van der Waals surface area contributed by atoms with E-state index >= 15 is 0 Å². The molecule has 1 aromatic heterocycles. The summed E-state index contributed by atoms with van der Waals surface area (Å²) in [5.74, 6) is 0. The highest BCUT2D eigenvalue weighted by Crippen LogP contribution is 2.30. The molecular formula is C10H8BrNS. The highest BCUT2D eigenvalue weighted by molar-refractivity contribution is 9.10. The van der Waals surface area contributed by atoms with Crippen molar-refractivity contribution in [3.63, 3.8) is 0 Å². The molecule has 0 N–H and O–H groups in total. The van der Waals surface area contributed by atoms with Crippen LogP contribution in [0.1, 0.15) is 5.56 Å². The molecule has 0 bridgehead atoms. The maximum atomic E-state index is 4.28. The first-order valence-corrected chi connectivity index (χ1v) is 5.66. The lowest BCUT2D eigenvalue weighted by atomic mass is 10.1. The Hall–Kier alpha value is -0.670. The standard InChI is InChI=1S/C10H8BrNS/c1-7-3-2-4-8(10(7)11)9-5-13-6-12-9/h2-6H,1H3. The quantitative estimate of drug-likeness (QED) is 0.752. The minimum Gasteiger partial charge on any atom is -0.245 e. The third kappa shape index (κ3) is 1.67. The Kier molecular flexibility index (Phi) is 2.47. The van der Waals surface area contributed by atoms with E-state index in [4.69, 9.17) is 0 Å². The molecule has 0 amide bonds. The predicted octanol–water partition coefficient (Wildman–Crippen LogP) is 3.88. The van der Waals surface area contributed by atoms with Gasteiger partial charge in [-0.3, -0.25) is 0 Å². The van der Waals surface area contributed by atoms with E-state index in [1.165, 1.54) is 11.1 Å². The molecule has 0 unspecified atom stereocenters. The Balaban J connectivity index is 2.59. The Morgan fingerprint density at radius 3 is 2.92 bits per heavy atom. The zero-order chi connectivity index (χ0) is 9.26. The van der Waals surface area contributed by atoms with Gasteiger partial charge in [-0.05, 0) is 28.4 Å². The number of nitrogens with zero attached hydrogens (tertiary/aromatic N) is 1. The molecule has 1 aromatic carbocycles. The minimum atomic E-state index is 1.04. The summed E-state index contributed by atoms with van der Waals surface area (Å²) in [6.45, 7) is 2.08. The highest BCUT2D eigenvalue weighted by Gasteiger charge is 2.05. The largest absolute Gasteiger partial charge is 0.245 e. The fourth-order valence-corrected chi connectivity index (χ4v) is 2.21. The van der Waals surface area contributed by atoms with Gasteiger partial charge in [0.15, 0.2) is 0 Å². The van der Waals surface area contributed by atoms with Crippen molar-refractivity contribution in [2.75, 3.05) is 0 Å². The van der Waals surface area contributed by atoms with Gasteiger partial charge in [-0.2, -0.15) is 0 Å². The molecule has 0 atom stereocenters. The molecule has 3 heteroatoms. The van der Waals surface area contributed by atoms with Gasteiger partial charge in [-0.1, -0.05) is 18.2 Å². The zero-order valence-corrected chi connectivity index (χ0v) is 9.52. The van der Waals surface area contributed by atoms with Crippen LogP contribution in [0.15, 0.2) is 33.6 Å². The Morgan fingerprint density at radius 2 is 2.23 bits per heavy atom. The zero-order valence-electron chi connectivity index (χ0n) is 7.12. The van der Waals surface area contributed by atoms with Gasteiger partial charge in [0.25, 0.3) is 0 Å². The summed E-state index contributed by atoms with van der Waals surface area (Å²) in [4.78, 5) is 4.28. The van der Waals surface area contributed by atoms with Gasteiger partial charge in [-0.25, -0.2) is 4.98 Å². The van der Waals surface area contributed by atoms with Gasteiger partial charge < -0.3 is 0 Å². The molecule has 1 heterocycles. The third-order valence-corrected chi connectivity index (χ3v) is 3.54. The third-order valence-electron chi connectivity index (χ3n) is 1.90. The SMILES string of the molecule is Cc1cccc(-c2cscn2)c1Br. The van der Waals surface area contributed by atoms with Crippen LogP contribution in [0.4, 0.5) is 0 Å². The van der Waals surface area contributed by atoms with Crippen LogP contribution in [0, 0.1) is 6.92 Å². The van der Waals surface area contributed by atoms with Gasteiger partial charge in [0.2, 0.25) is 0 Å². The van der Waals surface area contributed by atoms with Crippen LogP contribution in [-0.2, 0) is 0 Å². The smallest absolute Gasteiger partial charge is 0.0822 e. The number of thiazole rings is 1. The fraction of sp³-hybridized carbons (Fsp3) is 0.100. The molecule has 0 radical (unpaired) electrons. The molecule has 13 heavy (non-hydrogen) atoms. The van der Waals surface area contributed by atoms with Crippen molar-refractivity contribution in [1.29, 1.82) is 0 Å². The van der Waals surface area contributed by atoms with Gasteiger partial charge in [0.1, 0.15) is 0 Å². The number of hydrogen-bond acceptors (Lipinski definition) is 2. The van der Waals surface area contributed by atoms with Gasteiger partial charge in [0.05, 0.1) is 11.2 Å². The monoisotopic (exact) mass is 253 g/mol. The lowest BCUT2D eigenvalue weighted by Crippen LogP contribution is -1.82. The molecule has 0 spiro atoms. The summed E-state index contributed by atoms with van der Waals surface area (Å²) >= 11 is 5.18. The number of aryl methyl sites for hydroxylation is 1. The summed E-state index contributed by atoms with van der Waals surface area (Å²) in [7, 11) is 0. The number of rotatable bonds is 1. The van der Waals surface area contributed by atoms with E-state index in [9.17, 15) is 0 Å². The molecule has 0 fully saturated rings. The predicted molar refractivity (Wildman–Crippen MR) is 60.0 cm³/mol. The van der Waals surface area contributed by atoms with Crippen LogP contribution >= 0.6 is 27.3 Å². The van der Waals surface area contributed by atoms with Crippen molar-refractivity contribution >= 4 is 27.3 Å². The first-order valence-electron chi connectivity index (χ1n) is 3.92. The van der Waals surface area contributed by atoms with E-state index in [0.29, 0.717) is 0 Å².